The zero-order valence-electron chi connectivity index (χ0n) is 13.9. The van der Waals surface area contributed by atoms with E-state index in [-0.39, 0.29) is 23.2 Å². The molecule has 1 aliphatic heterocycles. The molecule has 1 amide bonds. The lowest BCUT2D eigenvalue weighted by molar-refractivity contribution is -0.137. The number of nitrogens with zero attached hydrogens (tertiary/aromatic N) is 3. The number of benzene rings is 1. The molecule has 2 aromatic rings. The molecule has 0 radical (unpaired) electrons. The molecule has 0 unspecified atom stereocenters. The van der Waals surface area contributed by atoms with Gasteiger partial charge in [-0.25, -0.2) is 9.97 Å². The summed E-state index contributed by atoms with van der Waals surface area (Å²) in [5.41, 5.74) is -0.0703. The Kier molecular flexibility index (Phi) is 5.04. The quantitative estimate of drug-likeness (QED) is 0.850. The standard InChI is InChI=1S/C17H16ClF3N4O/c1-10-8-14(15(26)25-6-2-3-7-25)24-16(22-10)23-11-4-5-13(18)12(9-11)17(19,20)21/h4-5,8-9H,2-3,6-7H2,1H3,(H,22,23,24). The fraction of sp³-hybridized carbons (Fsp3) is 0.353. The normalized spacial score (nSPS) is 14.6. The number of likely N-dealkylation sites (tertiary alicyclic amines) is 1. The third-order valence-corrected chi connectivity index (χ3v) is 4.32. The van der Waals surface area contributed by atoms with E-state index in [0.717, 1.165) is 25.0 Å². The summed E-state index contributed by atoms with van der Waals surface area (Å²) >= 11 is 5.62. The number of aromatic nitrogens is 2. The van der Waals surface area contributed by atoms with Crippen LogP contribution < -0.4 is 5.32 Å². The van der Waals surface area contributed by atoms with Crippen molar-refractivity contribution in [3.05, 3.63) is 46.2 Å². The van der Waals surface area contributed by atoms with Gasteiger partial charge in [0.25, 0.3) is 5.91 Å². The van der Waals surface area contributed by atoms with E-state index in [1.54, 1.807) is 17.9 Å². The Hall–Kier alpha value is -2.35. The van der Waals surface area contributed by atoms with E-state index < -0.39 is 16.8 Å². The highest BCUT2D eigenvalue weighted by Gasteiger charge is 2.33. The molecular weight excluding hydrogens is 369 g/mol. The van der Waals surface area contributed by atoms with Crippen LogP contribution in [0.2, 0.25) is 5.02 Å². The van der Waals surface area contributed by atoms with Gasteiger partial charge in [0.05, 0.1) is 10.6 Å². The molecular formula is C17H16ClF3N4O. The van der Waals surface area contributed by atoms with Crippen LogP contribution >= 0.6 is 11.6 Å². The molecule has 1 fully saturated rings. The highest BCUT2D eigenvalue weighted by atomic mass is 35.5. The summed E-state index contributed by atoms with van der Waals surface area (Å²) in [6.45, 7) is 3.05. The number of carbonyl (C=O) groups excluding carboxylic acids is 1. The molecule has 0 aliphatic carbocycles. The number of amides is 1. The highest BCUT2D eigenvalue weighted by molar-refractivity contribution is 6.31. The molecule has 1 N–H and O–H groups in total. The fourth-order valence-electron chi connectivity index (χ4n) is 2.77. The van der Waals surface area contributed by atoms with Crippen molar-refractivity contribution in [1.82, 2.24) is 14.9 Å². The molecule has 9 heteroatoms. The van der Waals surface area contributed by atoms with Crippen molar-refractivity contribution >= 4 is 29.1 Å². The lowest BCUT2D eigenvalue weighted by atomic mass is 10.2. The second kappa shape index (κ2) is 7.11. The third-order valence-electron chi connectivity index (χ3n) is 3.99. The molecule has 2 heterocycles. The van der Waals surface area contributed by atoms with Crippen molar-refractivity contribution < 1.29 is 18.0 Å². The van der Waals surface area contributed by atoms with E-state index in [4.69, 9.17) is 11.6 Å². The zero-order valence-corrected chi connectivity index (χ0v) is 14.7. The van der Waals surface area contributed by atoms with E-state index in [1.807, 2.05) is 0 Å². The summed E-state index contributed by atoms with van der Waals surface area (Å²) in [5.74, 6) is -0.147. The minimum absolute atomic E-state index is 0.0583. The van der Waals surface area contributed by atoms with Gasteiger partial charge in [0, 0.05) is 24.5 Å². The molecule has 0 saturated carbocycles. The maximum Gasteiger partial charge on any atom is 0.417 e. The number of hydrogen-bond donors (Lipinski definition) is 1. The number of alkyl halides is 3. The molecule has 1 aromatic heterocycles. The van der Waals surface area contributed by atoms with Gasteiger partial charge in [-0.2, -0.15) is 13.2 Å². The van der Waals surface area contributed by atoms with Crippen LogP contribution in [0.25, 0.3) is 0 Å². The second-order valence-electron chi connectivity index (χ2n) is 6.03. The first-order valence-electron chi connectivity index (χ1n) is 8.03. The number of anilines is 2. The van der Waals surface area contributed by atoms with Crippen LogP contribution in [0.3, 0.4) is 0 Å². The highest BCUT2D eigenvalue weighted by Crippen LogP contribution is 2.36. The predicted molar refractivity (Wildman–Crippen MR) is 91.6 cm³/mol. The lowest BCUT2D eigenvalue weighted by Gasteiger charge is -2.16. The van der Waals surface area contributed by atoms with Crippen LogP contribution in [-0.2, 0) is 6.18 Å². The van der Waals surface area contributed by atoms with E-state index >= 15 is 0 Å². The smallest absolute Gasteiger partial charge is 0.337 e. The molecule has 26 heavy (non-hydrogen) atoms. The van der Waals surface area contributed by atoms with Crippen molar-refractivity contribution in [1.29, 1.82) is 0 Å². The Morgan fingerprint density at radius 2 is 1.88 bits per heavy atom. The van der Waals surface area contributed by atoms with Gasteiger partial charge >= 0.3 is 6.18 Å². The fourth-order valence-corrected chi connectivity index (χ4v) is 2.99. The van der Waals surface area contributed by atoms with Gasteiger partial charge in [-0.3, -0.25) is 4.79 Å². The van der Waals surface area contributed by atoms with Crippen molar-refractivity contribution in [2.45, 2.75) is 25.9 Å². The Balaban J connectivity index is 1.87. The van der Waals surface area contributed by atoms with Crippen LogP contribution in [-0.4, -0.2) is 33.9 Å². The van der Waals surface area contributed by atoms with E-state index in [0.29, 0.717) is 18.8 Å². The Morgan fingerprint density at radius 1 is 1.19 bits per heavy atom. The van der Waals surface area contributed by atoms with Crippen molar-refractivity contribution in [3.63, 3.8) is 0 Å². The van der Waals surface area contributed by atoms with E-state index in [1.165, 1.54) is 6.07 Å². The molecule has 3 rings (SSSR count). The average Bonchev–Trinajstić information content (AvgIpc) is 3.09. The van der Waals surface area contributed by atoms with Crippen LogP contribution in [0.5, 0.6) is 0 Å². The topological polar surface area (TPSA) is 58.1 Å². The summed E-state index contributed by atoms with van der Waals surface area (Å²) in [4.78, 5) is 22.5. The first kappa shape index (κ1) is 18.4. The zero-order chi connectivity index (χ0) is 18.9. The first-order chi connectivity index (χ1) is 12.2. The van der Waals surface area contributed by atoms with Gasteiger partial charge in [0.15, 0.2) is 0 Å². The van der Waals surface area contributed by atoms with Gasteiger partial charge in [0.2, 0.25) is 5.95 Å². The van der Waals surface area contributed by atoms with Crippen LogP contribution in [0.1, 0.15) is 34.6 Å². The summed E-state index contributed by atoms with van der Waals surface area (Å²) in [6, 6.07) is 4.99. The van der Waals surface area contributed by atoms with Gasteiger partial charge in [-0.15, -0.1) is 0 Å². The second-order valence-corrected chi connectivity index (χ2v) is 6.44. The molecule has 138 valence electrons. The average molecular weight is 385 g/mol. The number of nitrogens with one attached hydrogen (secondary N) is 1. The summed E-state index contributed by atoms with van der Waals surface area (Å²) in [7, 11) is 0. The Bertz CT molecular complexity index is 835. The van der Waals surface area contributed by atoms with E-state index in [2.05, 4.69) is 15.3 Å². The number of aryl methyl sites for hydroxylation is 1. The predicted octanol–water partition coefficient (Wildman–Crippen LogP) is 4.44. The lowest BCUT2D eigenvalue weighted by Crippen LogP contribution is -2.28. The summed E-state index contributed by atoms with van der Waals surface area (Å²) in [5, 5.41) is 2.33. The number of hydrogen-bond acceptors (Lipinski definition) is 4. The number of rotatable bonds is 3. The molecule has 1 saturated heterocycles. The van der Waals surface area contributed by atoms with Crippen LogP contribution in [0.4, 0.5) is 24.8 Å². The maximum atomic E-state index is 13.0. The largest absolute Gasteiger partial charge is 0.417 e. The molecule has 1 aliphatic rings. The van der Waals surface area contributed by atoms with E-state index in [9.17, 15) is 18.0 Å². The van der Waals surface area contributed by atoms with Crippen molar-refractivity contribution in [2.24, 2.45) is 0 Å². The van der Waals surface area contributed by atoms with Gasteiger partial charge < -0.3 is 10.2 Å². The van der Waals surface area contributed by atoms with Gasteiger partial charge in [-0.1, -0.05) is 11.6 Å². The van der Waals surface area contributed by atoms with Crippen LogP contribution in [0, 0.1) is 6.92 Å². The number of halogens is 4. The Labute approximate surface area is 153 Å². The maximum absolute atomic E-state index is 13.0. The van der Waals surface area contributed by atoms with Gasteiger partial charge in [0.1, 0.15) is 5.69 Å². The monoisotopic (exact) mass is 384 g/mol. The number of carbonyl (C=O) groups is 1. The molecule has 5 nitrogen and oxygen atoms in total. The van der Waals surface area contributed by atoms with Gasteiger partial charge in [-0.05, 0) is 44.0 Å². The third kappa shape index (κ3) is 4.07. The van der Waals surface area contributed by atoms with Crippen molar-refractivity contribution in [3.8, 4) is 0 Å². The SMILES string of the molecule is Cc1cc(C(=O)N2CCCC2)nc(Nc2ccc(Cl)c(C(F)(F)F)c2)n1. The van der Waals surface area contributed by atoms with Crippen LogP contribution in [0.15, 0.2) is 24.3 Å². The minimum Gasteiger partial charge on any atom is -0.337 e. The Morgan fingerprint density at radius 3 is 2.54 bits per heavy atom. The summed E-state index contributed by atoms with van der Waals surface area (Å²) in [6.07, 6.45) is -2.67. The minimum atomic E-state index is -4.57. The molecule has 0 bridgehead atoms. The summed E-state index contributed by atoms with van der Waals surface area (Å²) < 4.78 is 38.9. The molecule has 0 atom stereocenters. The molecule has 0 spiro atoms. The van der Waals surface area contributed by atoms with Crippen molar-refractivity contribution in [2.75, 3.05) is 18.4 Å². The molecule has 1 aromatic carbocycles. The first-order valence-corrected chi connectivity index (χ1v) is 8.40.